The topological polar surface area (TPSA) is 63.2 Å². The first kappa shape index (κ1) is 12.6. The Labute approximate surface area is 108 Å². The SMILES string of the molecule is CC(=O)SCC=Cc1ccc2c(c1)C(=O)C(=O)N2. The maximum Gasteiger partial charge on any atom is 0.296 e. The molecule has 0 bridgehead atoms. The highest BCUT2D eigenvalue weighted by molar-refractivity contribution is 8.13. The van der Waals surface area contributed by atoms with Gasteiger partial charge in [-0.05, 0) is 17.7 Å². The normalized spacial score (nSPS) is 13.8. The van der Waals surface area contributed by atoms with Crippen LogP contribution in [0.2, 0.25) is 0 Å². The quantitative estimate of drug-likeness (QED) is 0.846. The summed E-state index contributed by atoms with van der Waals surface area (Å²) in [4.78, 5) is 33.4. The maximum atomic E-state index is 11.5. The van der Waals surface area contributed by atoms with Crippen LogP contribution < -0.4 is 5.32 Å². The zero-order valence-corrected chi connectivity index (χ0v) is 10.5. The second-order valence-corrected chi connectivity index (χ2v) is 4.99. The number of Topliss-reactive ketones (excluding diaryl/α,β-unsaturated/α-hetero) is 1. The van der Waals surface area contributed by atoms with Gasteiger partial charge in [0, 0.05) is 12.7 Å². The van der Waals surface area contributed by atoms with E-state index in [0.717, 1.165) is 5.56 Å². The number of fused-ring (bicyclic) bond motifs is 1. The fraction of sp³-hybridized carbons (Fsp3) is 0.154. The number of hydrogen-bond donors (Lipinski definition) is 1. The molecule has 0 aromatic heterocycles. The van der Waals surface area contributed by atoms with E-state index >= 15 is 0 Å². The van der Waals surface area contributed by atoms with Crippen LogP contribution in [0.25, 0.3) is 6.08 Å². The van der Waals surface area contributed by atoms with Gasteiger partial charge in [0.2, 0.25) is 0 Å². The van der Waals surface area contributed by atoms with Crippen LogP contribution in [0.3, 0.4) is 0 Å². The van der Waals surface area contributed by atoms with E-state index in [1.807, 2.05) is 18.2 Å². The number of rotatable bonds is 3. The van der Waals surface area contributed by atoms with Crippen molar-refractivity contribution in [3.63, 3.8) is 0 Å². The highest BCUT2D eigenvalue weighted by Gasteiger charge is 2.27. The van der Waals surface area contributed by atoms with E-state index in [1.165, 1.54) is 18.7 Å². The van der Waals surface area contributed by atoms with Gasteiger partial charge in [0.05, 0.1) is 11.3 Å². The molecule has 92 valence electrons. The van der Waals surface area contributed by atoms with E-state index in [-0.39, 0.29) is 5.12 Å². The van der Waals surface area contributed by atoms with Crippen molar-refractivity contribution in [2.24, 2.45) is 0 Å². The van der Waals surface area contributed by atoms with Gasteiger partial charge in [-0.3, -0.25) is 14.4 Å². The molecule has 4 nitrogen and oxygen atoms in total. The average Bonchev–Trinajstić information content (AvgIpc) is 2.61. The number of thioether (sulfide) groups is 1. The van der Waals surface area contributed by atoms with E-state index in [2.05, 4.69) is 5.32 Å². The smallest absolute Gasteiger partial charge is 0.296 e. The van der Waals surface area contributed by atoms with Crippen molar-refractivity contribution in [3.8, 4) is 0 Å². The molecule has 1 amide bonds. The number of hydrogen-bond acceptors (Lipinski definition) is 4. The predicted octanol–water partition coefficient (Wildman–Crippen LogP) is 2.11. The van der Waals surface area contributed by atoms with E-state index in [1.54, 1.807) is 12.1 Å². The molecule has 0 radical (unpaired) electrons. The second kappa shape index (κ2) is 5.18. The summed E-state index contributed by atoms with van der Waals surface area (Å²) in [5.74, 6) is -0.492. The lowest BCUT2D eigenvalue weighted by Crippen LogP contribution is -2.12. The first-order valence-corrected chi connectivity index (χ1v) is 6.36. The zero-order valence-electron chi connectivity index (χ0n) is 9.73. The van der Waals surface area contributed by atoms with Crippen molar-refractivity contribution in [2.75, 3.05) is 11.1 Å². The lowest BCUT2D eigenvalue weighted by molar-refractivity contribution is -0.112. The molecule has 0 saturated carbocycles. The Balaban J connectivity index is 2.11. The fourth-order valence-electron chi connectivity index (χ4n) is 1.61. The summed E-state index contributed by atoms with van der Waals surface area (Å²) < 4.78 is 0. The van der Waals surface area contributed by atoms with Crippen LogP contribution in [0.4, 0.5) is 5.69 Å². The number of benzene rings is 1. The summed E-state index contributed by atoms with van der Waals surface area (Å²) in [5, 5.41) is 2.56. The Bertz CT molecular complexity index is 563. The van der Waals surface area contributed by atoms with Gasteiger partial charge in [-0.1, -0.05) is 30.0 Å². The van der Waals surface area contributed by atoms with E-state index in [9.17, 15) is 14.4 Å². The first-order chi connectivity index (χ1) is 8.58. The van der Waals surface area contributed by atoms with Crippen molar-refractivity contribution in [1.82, 2.24) is 0 Å². The third-order valence-electron chi connectivity index (χ3n) is 2.44. The van der Waals surface area contributed by atoms with Crippen molar-refractivity contribution >= 4 is 40.3 Å². The number of nitrogens with one attached hydrogen (secondary N) is 1. The number of amides is 1. The minimum atomic E-state index is -0.585. The third-order valence-corrected chi connectivity index (χ3v) is 3.20. The number of carbonyl (C=O) groups excluding carboxylic acids is 3. The summed E-state index contributed by atoms with van der Waals surface area (Å²) in [6.45, 7) is 1.52. The van der Waals surface area contributed by atoms with Gasteiger partial charge < -0.3 is 5.32 Å². The van der Waals surface area contributed by atoms with Gasteiger partial charge in [0.25, 0.3) is 11.7 Å². The molecule has 2 rings (SSSR count). The van der Waals surface area contributed by atoms with Gasteiger partial charge in [0.1, 0.15) is 0 Å². The number of ketones is 1. The Morgan fingerprint density at radius 2 is 2.17 bits per heavy atom. The standard InChI is InChI=1S/C13H11NO3S/c1-8(15)18-6-2-3-9-4-5-11-10(7-9)12(16)13(17)14-11/h2-5,7H,6H2,1H3,(H,14,16,17). The molecule has 1 heterocycles. The molecule has 0 spiro atoms. The Morgan fingerprint density at radius 1 is 1.39 bits per heavy atom. The van der Waals surface area contributed by atoms with Crippen molar-refractivity contribution in [3.05, 3.63) is 35.4 Å². The highest BCUT2D eigenvalue weighted by Crippen LogP contribution is 2.24. The summed E-state index contributed by atoms with van der Waals surface area (Å²) in [6, 6.07) is 5.19. The molecule has 1 aliphatic heterocycles. The van der Waals surface area contributed by atoms with Gasteiger partial charge in [-0.15, -0.1) is 0 Å². The molecule has 0 aliphatic carbocycles. The Morgan fingerprint density at radius 3 is 2.89 bits per heavy atom. The lowest BCUT2D eigenvalue weighted by Gasteiger charge is -1.98. The van der Waals surface area contributed by atoms with E-state index in [4.69, 9.17) is 0 Å². The summed E-state index contributed by atoms with van der Waals surface area (Å²) in [6.07, 6.45) is 3.68. The zero-order chi connectivity index (χ0) is 13.1. The monoisotopic (exact) mass is 261 g/mol. The molecule has 18 heavy (non-hydrogen) atoms. The van der Waals surface area contributed by atoms with Gasteiger partial charge in [-0.25, -0.2) is 0 Å². The lowest BCUT2D eigenvalue weighted by atomic mass is 10.1. The van der Waals surface area contributed by atoms with Crippen LogP contribution in [-0.4, -0.2) is 22.6 Å². The van der Waals surface area contributed by atoms with Crippen LogP contribution in [-0.2, 0) is 9.59 Å². The molecule has 1 aromatic carbocycles. The van der Waals surface area contributed by atoms with Gasteiger partial charge >= 0.3 is 0 Å². The Kier molecular flexibility index (Phi) is 3.62. The van der Waals surface area contributed by atoms with Crippen LogP contribution >= 0.6 is 11.8 Å². The fourth-order valence-corrected chi connectivity index (χ4v) is 2.04. The van der Waals surface area contributed by atoms with Crippen molar-refractivity contribution in [2.45, 2.75) is 6.92 Å². The Hall–Kier alpha value is -1.88. The first-order valence-electron chi connectivity index (χ1n) is 5.37. The maximum absolute atomic E-state index is 11.5. The van der Waals surface area contributed by atoms with Crippen LogP contribution in [0.1, 0.15) is 22.8 Å². The van der Waals surface area contributed by atoms with E-state index in [0.29, 0.717) is 17.0 Å². The predicted molar refractivity (Wildman–Crippen MR) is 71.6 cm³/mol. The van der Waals surface area contributed by atoms with Gasteiger partial charge in [-0.2, -0.15) is 0 Å². The van der Waals surface area contributed by atoms with Crippen LogP contribution in [0, 0.1) is 0 Å². The van der Waals surface area contributed by atoms with Crippen LogP contribution in [0.15, 0.2) is 24.3 Å². The molecule has 1 aliphatic rings. The summed E-state index contributed by atoms with van der Waals surface area (Å²) >= 11 is 1.22. The molecule has 0 atom stereocenters. The largest absolute Gasteiger partial charge is 0.318 e. The van der Waals surface area contributed by atoms with Gasteiger partial charge in [0.15, 0.2) is 5.12 Å². The summed E-state index contributed by atoms with van der Waals surface area (Å²) in [5.41, 5.74) is 1.80. The van der Waals surface area contributed by atoms with Crippen molar-refractivity contribution in [1.29, 1.82) is 0 Å². The molecule has 0 unspecified atom stereocenters. The minimum absolute atomic E-state index is 0.0681. The average molecular weight is 261 g/mol. The number of anilines is 1. The van der Waals surface area contributed by atoms with Crippen LogP contribution in [0.5, 0.6) is 0 Å². The third kappa shape index (κ3) is 2.68. The molecule has 0 saturated heterocycles. The molecule has 5 heteroatoms. The molecule has 1 aromatic rings. The second-order valence-electron chi connectivity index (χ2n) is 3.79. The van der Waals surface area contributed by atoms with E-state index < -0.39 is 11.7 Å². The summed E-state index contributed by atoms with van der Waals surface area (Å²) in [7, 11) is 0. The number of carbonyl (C=O) groups is 3. The highest BCUT2D eigenvalue weighted by atomic mass is 32.2. The molecule has 1 N–H and O–H groups in total. The van der Waals surface area contributed by atoms with Crippen molar-refractivity contribution < 1.29 is 14.4 Å². The molecular formula is C13H11NO3S. The minimum Gasteiger partial charge on any atom is -0.318 e. The molecular weight excluding hydrogens is 250 g/mol. The molecule has 0 fully saturated rings.